The Balaban J connectivity index is 1.36. The molecular weight excluding hydrogens is 364 g/mol. The summed E-state index contributed by atoms with van der Waals surface area (Å²) in [5.41, 5.74) is 3.50. The fraction of sp³-hybridized carbons (Fsp3) is 0.174. The van der Waals surface area contributed by atoms with Crippen molar-refractivity contribution in [1.29, 1.82) is 0 Å². The maximum absolute atomic E-state index is 12.3. The smallest absolute Gasteiger partial charge is 0.248 e. The minimum atomic E-state index is -0.231. The van der Waals surface area contributed by atoms with Gasteiger partial charge in [0.25, 0.3) is 0 Å². The first kappa shape index (κ1) is 18.7. The predicted octanol–water partition coefficient (Wildman–Crippen LogP) is 3.71. The number of rotatable bonds is 6. The molecule has 0 spiro atoms. The zero-order chi connectivity index (χ0) is 20.1. The number of hydrogen-bond acceptors (Lipinski definition) is 3. The van der Waals surface area contributed by atoms with Crippen molar-refractivity contribution in [2.24, 2.45) is 0 Å². The lowest BCUT2D eigenvalue weighted by Crippen LogP contribution is -2.23. The zero-order valence-corrected chi connectivity index (χ0v) is 16.0. The molecule has 1 aromatic heterocycles. The van der Waals surface area contributed by atoms with Crippen LogP contribution in [0.25, 0.3) is 6.08 Å². The molecule has 1 N–H and O–H groups in total. The number of carbonyl (C=O) groups excluding carboxylic acids is 2. The average Bonchev–Trinajstić information content (AvgIpc) is 3.36. The summed E-state index contributed by atoms with van der Waals surface area (Å²) in [6.07, 6.45) is 8.30. The highest BCUT2D eigenvalue weighted by atomic mass is 16.2. The Morgan fingerprint density at radius 1 is 1.14 bits per heavy atom. The van der Waals surface area contributed by atoms with Gasteiger partial charge in [-0.1, -0.05) is 36.4 Å². The molecule has 3 aromatic rings. The molecule has 0 bridgehead atoms. The fourth-order valence-corrected chi connectivity index (χ4v) is 3.35. The fourth-order valence-electron chi connectivity index (χ4n) is 3.35. The summed E-state index contributed by atoms with van der Waals surface area (Å²) in [5.74, 6) is -0.105. The van der Waals surface area contributed by atoms with E-state index in [1.54, 1.807) is 17.2 Å². The number of anilines is 2. The van der Waals surface area contributed by atoms with E-state index in [1.165, 1.54) is 11.6 Å². The molecular formula is C23H22N4O2. The number of hydrogen-bond donors (Lipinski definition) is 1. The van der Waals surface area contributed by atoms with Crippen LogP contribution in [0.15, 0.2) is 73.1 Å². The Kier molecular flexibility index (Phi) is 5.52. The molecule has 1 saturated heterocycles. The number of amides is 2. The van der Waals surface area contributed by atoms with Crippen molar-refractivity contribution in [3.63, 3.8) is 0 Å². The van der Waals surface area contributed by atoms with Crippen molar-refractivity contribution in [2.75, 3.05) is 16.8 Å². The summed E-state index contributed by atoms with van der Waals surface area (Å²) in [6, 6.07) is 17.4. The van der Waals surface area contributed by atoms with Crippen LogP contribution in [0.4, 0.5) is 11.4 Å². The number of nitrogens with zero attached hydrogens (tertiary/aromatic N) is 3. The number of aromatic nitrogens is 2. The van der Waals surface area contributed by atoms with Crippen molar-refractivity contribution in [3.05, 3.63) is 84.2 Å². The number of carbonyl (C=O) groups is 2. The molecule has 2 heterocycles. The minimum Gasteiger partial charge on any atom is -0.322 e. The maximum atomic E-state index is 12.3. The number of benzene rings is 2. The van der Waals surface area contributed by atoms with E-state index in [2.05, 4.69) is 22.5 Å². The van der Waals surface area contributed by atoms with E-state index < -0.39 is 0 Å². The molecule has 2 aromatic carbocycles. The van der Waals surface area contributed by atoms with Crippen LogP contribution in [0.1, 0.15) is 24.0 Å². The summed E-state index contributed by atoms with van der Waals surface area (Å²) in [6.45, 7) is 1.41. The van der Waals surface area contributed by atoms with Gasteiger partial charge in [0.1, 0.15) is 0 Å². The molecule has 1 aliphatic rings. The second-order valence-corrected chi connectivity index (χ2v) is 6.98. The highest BCUT2D eigenvalue weighted by Crippen LogP contribution is 2.24. The molecule has 0 atom stereocenters. The first-order chi connectivity index (χ1) is 14.2. The van der Waals surface area contributed by atoms with Gasteiger partial charge < -0.3 is 10.2 Å². The van der Waals surface area contributed by atoms with Gasteiger partial charge in [-0.3, -0.25) is 14.3 Å². The van der Waals surface area contributed by atoms with Crippen molar-refractivity contribution < 1.29 is 9.59 Å². The van der Waals surface area contributed by atoms with Crippen LogP contribution in [0, 0.1) is 0 Å². The normalized spacial score (nSPS) is 13.9. The molecule has 146 valence electrons. The Hall–Kier alpha value is -3.67. The van der Waals surface area contributed by atoms with Crippen molar-refractivity contribution in [1.82, 2.24) is 9.78 Å². The molecule has 1 fully saturated rings. The monoisotopic (exact) mass is 386 g/mol. The molecule has 29 heavy (non-hydrogen) atoms. The lowest BCUT2D eigenvalue weighted by Gasteiger charge is -2.16. The van der Waals surface area contributed by atoms with Gasteiger partial charge >= 0.3 is 0 Å². The van der Waals surface area contributed by atoms with E-state index in [1.807, 2.05) is 53.3 Å². The minimum absolute atomic E-state index is 0.126. The largest absolute Gasteiger partial charge is 0.322 e. The van der Waals surface area contributed by atoms with Crippen LogP contribution >= 0.6 is 0 Å². The lowest BCUT2D eigenvalue weighted by molar-refractivity contribution is -0.117. The van der Waals surface area contributed by atoms with E-state index in [0.29, 0.717) is 18.7 Å². The summed E-state index contributed by atoms with van der Waals surface area (Å²) in [4.78, 5) is 25.9. The van der Waals surface area contributed by atoms with Crippen LogP contribution in [-0.4, -0.2) is 28.1 Å². The Morgan fingerprint density at radius 3 is 2.79 bits per heavy atom. The molecule has 0 aliphatic carbocycles. The second kappa shape index (κ2) is 8.56. The maximum Gasteiger partial charge on any atom is 0.248 e. The Labute approximate surface area is 169 Å². The Bertz CT molecular complexity index is 1040. The van der Waals surface area contributed by atoms with Gasteiger partial charge in [0, 0.05) is 42.2 Å². The Morgan fingerprint density at radius 2 is 2.00 bits per heavy atom. The highest BCUT2D eigenvalue weighted by Gasteiger charge is 2.21. The second-order valence-electron chi connectivity index (χ2n) is 6.98. The van der Waals surface area contributed by atoms with Crippen molar-refractivity contribution >= 4 is 29.3 Å². The quantitative estimate of drug-likeness (QED) is 0.657. The molecule has 0 saturated carbocycles. The molecule has 0 radical (unpaired) electrons. The first-order valence-corrected chi connectivity index (χ1v) is 9.63. The molecule has 0 unspecified atom stereocenters. The lowest BCUT2D eigenvalue weighted by atomic mass is 10.2. The molecule has 4 rings (SSSR count). The van der Waals surface area contributed by atoms with Gasteiger partial charge in [0.15, 0.2) is 0 Å². The standard InChI is InChI=1S/C23H22N4O2/c28-22(25-20-8-4-9-21(14-20)27-13-5-10-23(27)29)12-11-19-15-24-26(17-19)16-18-6-2-1-3-7-18/h1-4,6-9,11-12,14-15,17H,5,10,13,16H2,(H,25,28)/b12-11+. The SMILES string of the molecule is O=C(/C=C/c1cnn(Cc2ccccc2)c1)Nc1cccc(N2CCCC2=O)c1. The van der Waals surface area contributed by atoms with E-state index in [-0.39, 0.29) is 11.8 Å². The van der Waals surface area contributed by atoms with Gasteiger partial charge in [-0.2, -0.15) is 5.10 Å². The third kappa shape index (κ3) is 4.79. The van der Waals surface area contributed by atoms with Crippen molar-refractivity contribution in [2.45, 2.75) is 19.4 Å². The first-order valence-electron chi connectivity index (χ1n) is 9.63. The van der Waals surface area contributed by atoms with Gasteiger partial charge in [-0.05, 0) is 36.3 Å². The van der Waals surface area contributed by atoms with Crippen LogP contribution < -0.4 is 10.2 Å². The van der Waals surface area contributed by atoms with Crippen LogP contribution in [0.5, 0.6) is 0 Å². The van der Waals surface area contributed by atoms with E-state index in [0.717, 1.165) is 24.2 Å². The molecule has 1 aliphatic heterocycles. The third-order valence-electron chi connectivity index (χ3n) is 4.77. The van der Waals surface area contributed by atoms with Gasteiger partial charge in [-0.15, -0.1) is 0 Å². The van der Waals surface area contributed by atoms with Gasteiger partial charge in [-0.25, -0.2) is 0 Å². The highest BCUT2D eigenvalue weighted by molar-refractivity contribution is 6.02. The van der Waals surface area contributed by atoms with E-state index in [9.17, 15) is 9.59 Å². The third-order valence-corrected chi connectivity index (χ3v) is 4.77. The molecule has 2 amide bonds. The average molecular weight is 386 g/mol. The van der Waals surface area contributed by atoms with E-state index >= 15 is 0 Å². The number of nitrogens with one attached hydrogen (secondary N) is 1. The topological polar surface area (TPSA) is 67.2 Å². The van der Waals surface area contributed by atoms with Crippen LogP contribution in [0.3, 0.4) is 0 Å². The molecule has 6 nitrogen and oxygen atoms in total. The molecule has 6 heteroatoms. The summed E-state index contributed by atoms with van der Waals surface area (Å²) in [5, 5.41) is 7.18. The van der Waals surface area contributed by atoms with Crippen LogP contribution in [0.2, 0.25) is 0 Å². The van der Waals surface area contributed by atoms with Crippen molar-refractivity contribution in [3.8, 4) is 0 Å². The van der Waals surface area contributed by atoms with Gasteiger partial charge in [0.2, 0.25) is 11.8 Å². The summed E-state index contributed by atoms with van der Waals surface area (Å²) < 4.78 is 1.84. The van der Waals surface area contributed by atoms with E-state index in [4.69, 9.17) is 0 Å². The zero-order valence-electron chi connectivity index (χ0n) is 16.0. The summed E-state index contributed by atoms with van der Waals surface area (Å²) in [7, 11) is 0. The summed E-state index contributed by atoms with van der Waals surface area (Å²) >= 11 is 0. The van der Waals surface area contributed by atoms with Gasteiger partial charge in [0.05, 0.1) is 12.7 Å². The predicted molar refractivity (Wildman–Crippen MR) is 113 cm³/mol. The van der Waals surface area contributed by atoms with Crippen LogP contribution in [-0.2, 0) is 16.1 Å².